The van der Waals surface area contributed by atoms with Crippen molar-refractivity contribution in [3.8, 4) is 5.88 Å². The highest BCUT2D eigenvalue weighted by Crippen LogP contribution is 2.23. The molecule has 0 saturated heterocycles. The number of carboxylic acid groups (broad SMARTS) is 1. The molecule has 5 nitrogen and oxygen atoms in total. The maximum absolute atomic E-state index is 11.0. The molecule has 0 radical (unpaired) electrons. The van der Waals surface area contributed by atoms with Gasteiger partial charge in [0, 0.05) is 18.1 Å². The van der Waals surface area contributed by atoms with Gasteiger partial charge in [-0.25, -0.2) is 9.78 Å². The van der Waals surface area contributed by atoms with Gasteiger partial charge in [-0.2, -0.15) is 0 Å². The maximum Gasteiger partial charge on any atom is 0.336 e. The molecular formula is C10H11NO4. The smallest absolute Gasteiger partial charge is 0.336 e. The summed E-state index contributed by atoms with van der Waals surface area (Å²) in [6.45, 7) is 0.889. The van der Waals surface area contributed by atoms with Gasteiger partial charge in [0.2, 0.25) is 5.88 Å². The zero-order valence-corrected chi connectivity index (χ0v) is 8.32. The predicted octanol–water partition coefficient (Wildman–Crippen LogP) is 0.861. The molecular weight excluding hydrogens is 198 g/mol. The molecule has 0 saturated carbocycles. The maximum atomic E-state index is 11.0. The van der Waals surface area contributed by atoms with Crippen molar-refractivity contribution >= 4 is 5.97 Å². The lowest BCUT2D eigenvalue weighted by atomic mass is 10.0. The van der Waals surface area contributed by atoms with E-state index in [1.54, 1.807) is 0 Å². The first kappa shape index (κ1) is 9.92. The highest BCUT2D eigenvalue weighted by Gasteiger charge is 2.20. The summed E-state index contributed by atoms with van der Waals surface area (Å²) >= 11 is 0. The van der Waals surface area contributed by atoms with Crippen molar-refractivity contribution in [1.82, 2.24) is 4.98 Å². The number of fused-ring (bicyclic) bond motifs is 1. The minimum Gasteiger partial charge on any atom is -0.481 e. The largest absolute Gasteiger partial charge is 0.481 e. The molecule has 0 amide bonds. The van der Waals surface area contributed by atoms with Gasteiger partial charge in [0.05, 0.1) is 31.6 Å². The lowest BCUT2D eigenvalue weighted by Crippen LogP contribution is -2.17. The fraction of sp³-hybridized carbons (Fsp3) is 0.400. The molecule has 0 aromatic carbocycles. The first-order valence-electron chi connectivity index (χ1n) is 4.60. The van der Waals surface area contributed by atoms with Crippen LogP contribution in [0.25, 0.3) is 0 Å². The van der Waals surface area contributed by atoms with Gasteiger partial charge in [-0.3, -0.25) is 0 Å². The van der Waals surface area contributed by atoms with Crippen LogP contribution in [0, 0.1) is 0 Å². The van der Waals surface area contributed by atoms with Crippen LogP contribution in [0.15, 0.2) is 6.07 Å². The molecule has 80 valence electrons. The van der Waals surface area contributed by atoms with Crippen molar-refractivity contribution in [3.05, 3.63) is 22.9 Å². The summed E-state index contributed by atoms with van der Waals surface area (Å²) in [6.07, 6.45) is 0.632. The molecule has 0 spiro atoms. The number of nitrogens with zero attached hydrogens (tertiary/aromatic N) is 1. The number of methoxy groups -OCH3 is 1. The van der Waals surface area contributed by atoms with Crippen molar-refractivity contribution in [2.24, 2.45) is 0 Å². The van der Waals surface area contributed by atoms with Gasteiger partial charge < -0.3 is 14.6 Å². The van der Waals surface area contributed by atoms with E-state index >= 15 is 0 Å². The Kier molecular flexibility index (Phi) is 2.55. The van der Waals surface area contributed by atoms with Crippen molar-refractivity contribution in [2.75, 3.05) is 13.7 Å². The van der Waals surface area contributed by atoms with Crippen LogP contribution < -0.4 is 4.74 Å². The lowest BCUT2D eigenvalue weighted by Gasteiger charge is -2.18. The highest BCUT2D eigenvalue weighted by atomic mass is 16.5. The first-order valence-corrected chi connectivity index (χ1v) is 4.60. The topological polar surface area (TPSA) is 68.7 Å². The standard InChI is InChI=1S/C10H11NO4/c1-14-9-4-6(10(12)13)7-5-15-3-2-8(7)11-9/h4H,2-3,5H2,1H3,(H,12,13). The molecule has 2 heterocycles. The number of rotatable bonds is 2. The van der Waals surface area contributed by atoms with Crippen molar-refractivity contribution < 1.29 is 19.4 Å². The third-order valence-corrected chi connectivity index (χ3v) is 2.36. The van der Waals surface area contributed by atoms with Crippen molar-refractivity contribution in [2.45, 2.75) is 13.0 Å². The minimum absolute atomic E-state index is 0.219. The van der Waals surface area contributed by atoms with E-state index in [1.165, 1.54) is 13.2 Å². The minimum atomic E-state index is -0.975. The Labute approximate surface area is 86.7 Å². The summed E-state index contributed by atoms with van der Waals surface area (Å²) in [5.74, 6) is -0.634. The average molecular weight is 209 g/mol. The van der Waals surface area contributed by atoms with Gasteiger partial charge in [0.25, 0.3) is 0 Å². The lowest BCUT2D eigenvalue weighted by molar-refractivity contribution is 0.0679. The monoisotopic (exact) mass is 209 g/mol. The van der Waals surface area contributed by atoms with Crippen LogP contribution in [0.2, 0.25) is 0 Å². The number of ether oxygens (including phenoxy) is 2. The fourth-order valence-corrected chi connectivity index (χ4v) is 1.61. The van der Waals surface area contributed by atoms with Crippen LogP contribution in [-0.2, 0) is 17.8 Å². The fourth-order valence-electron chi connectivity index (χ4n) is 1.61. The Balaban J connectivity index is 2.55. The third-order valence-electron chi connectivity index (χ3n) is 2.36. The van der Waals surface area contributed by atoms with Crippen LogP contribution in [-0.4, -0.2) is 29.8 Å². The molecule has 1 aromatic rings. The van der Waals surface area contributed by atoms with Crippen LogP contribution in [0.4, 0.5) is 0 Å². The third kappa shape index (κ3) is 1.78. The number of carboxylic acids is 1. The summed E-state index contributed by atoms with van der Waals surface area (Å²) < 4.78 is 10.2. The zero-order chi connectivity index (χ0) is 10.8. The van der Waals surface area contributed by atoms with Crippen molar-refractivity contribution in [1.29, 1.82) is 0 Å². The van der Waals surface area contributed by atoms with Gasteiger partial charge in [0.15, 0.2) is 0 Å². The Morgan fingerprint density at radius 2 is 2.47 bits per heavy atom. The Morgan fingerprint density at radius 3 is 3.13 bits per heavy atom. The normalized spacial score (nSPS) is 14.5. The molecule has 1 N–H and O–H groups in total. The zero-order valence-electron chi connectivity index (χ0n) is 8.32. The quantitative estimate of drug-likeness (QED) is 0.782. The molecule has 0 atom stereocenters. The highest BCUT2D eigenvalue weighted by molar-refractivity contribution is 5.90. The number of pyridine rings is 1. The molecule has 1 aliphatic heterocycles. The number of carbonyl (C=O) groups is 1. The first-order chi connectivity index (χ1) is 7.22. The Hall–Kier alpha value is -1.62. The summed E-state index contributed by atoms with van der Waals surface area (Å²) in [5.41, 5.74) is 1.64. The molecule has 0 fully saturated rings. The van der Waals surface area contributed by atoms with E-state index < -0.39 is 5.97 Å². The molecule has 0 bridgehead atoms. The van der Waals surface area contributed by atoms with E-state index in [0.717, 1.165) is 5.69 Å². The molecule has 1 aliphatic rings. The second-order valence-corrected chi connectivity index (χ2v) is 3.25. The Morgan fingerprint density at radius 1 is 1.67 bits per heavy atom. The summed E-state index contributed by atoms with van der Waals surface area (Å²) in [5, 5.41) is 9.02. The average Bonchev–Trinajstić information content (AvgIpc) is 2.27. The van der Waals surface area contributed by atoms with Gasteiger partial charge in [-0.15, -0.1) is 0 Å². The molecule has 5 heteroatoms. The number of hydrogen-bond acceptors (Lipinski definition) is 4. The molecule has 0 unspecified atom stereocenters. The van der Waals surface area contributed by atoms with Crippen LogP contribution in [0.3, 0.4) is 0 Å². The number of aromatic nitrogens is 1. The second kappa shape index (κ2) is 3.86. The number of hydrogen-bond donors (Lipinski definition) is 1. The summed E-state index contributed by atoms with van der Waals surface area (Å²) in [6, 6.07) is 1.43. The van der Waals surface area contributed by atoms with E-state index in [1.807, 2.05) is 0 Å². The van der Waals surface area contributed by atoms with Crippen LogP contribution in [0.1, 0.15) is 21.6 Å². The number of aromatic carboxylic acids is 1. The van der Waals surface area contributed by atoms with Gasteiger partial charge in [0.1, 0.15) is 0 Å². The molecule has 1 aromatic heterocycles. The predicted molar refractivity (Wildman–Crippen MR) is 51.1 cm³/mol. The van der Waals surface area contributed by atoms with Crippen LogP contribution in [0.5, 0.6) is 5.88 Å². The summed E-state index contributed by atoms with van der Waals surface area (Å²) in [4.78, 5) is 15.2. The summed E-state index contributed by atoms with van der Waals surface area (Å²) in [7, 11) is 1.47. The van der Waals surface area contributed by atoms with E-state index in [9.17, 15) is 4.79 Å². The SMILES string of the molecule is COc1cc(C(=O)O)c2c(n1)CCOC2. The van der Waals surface area contributed by atoms with Gasteiger partial charge in [-0.05, 0) is 0 Å². The molecule has 2 rings (SSSR count). The van der Waals surface area contributed by atoms with E-state index in [-0.39, 0.29) is 5.56 Å². The molecule has 0 aliphatic carbocycles. The van der Waals surface area contributed by atoms with E-state index in [2.05, 4.69) is 4.98 Å². The van der Waals surface area contributed by atoms with Gasteiger partial charge >= 0.3 is 5.97 Å². The van der Waals surface area contributed by atoms with E-state index in [4.69, 9.17) is 14.6 Å². The Bertz CT molecular complexity index is 403. The second-order valence-electron chi connectivity index (χ2n) is 3.25. The van der Waals surface area contributed by atoms with Crippen LogP contribution >= 0.6 is 0 Å². The van der Waals surface area contributed by atoms with Gasteiger partial charge in [-0.1, -0.05) is 0 Å². The van der Waals surface area contributed by atoms with Crippen molar-refractivity contribution in [3.63, 3.8) is 0 Å². The van der Waals surface area contributed by atoms with E-state index in [0.29, 0.717) is 31.1 Å². The molecule has 15 heavy (non-hydrogen) atoms.